The third-order valence-electron chi connectivity index (χ3n) is 2.45. The molecule has 2 aromatic rings. The molecule has 0 saturated carbocycles. The highest BCUT2D eigenvalue weighted by molar-refractivity contribution is 9.10. The van der Waals surface area contributed by atoms with Crippen molar-refractivity contribution in [1.29, 1.82) is 0 Å². The summed E-state index contributed by atoms with van der Waals surface area (Å²) in [6.45, 7) is 0.223. The van der Waals surface area contributed by atoms with Gasteiger partial charge in [0.1, 0.15) is 5.82 Å². The molecular formula is C13H12BrFN2S. The number of benzene rings is 1. The average molecular weight is 327 g/mol. The predicted molar refractivity (Wildman–Crippen MR) is 75.8 cm³/mol. The number of hydrogen-bond donors (Lipinski definition) is 1. The van der Waals surface area contributed by atoms with Crippen molar-refractivity contribution in [1.82, 2.24) is 4.98 Å². The van der Waals surface area contributed by atoms with Gasteiger partial charge in [0.15, 0.2) is 0 Å². The van der Waals surface area contributed by atoms with Crippen molar-refractivity contribution in [3.8, 4) is 0 Å². The Morgan fingerprint density at radius 1 is 1.22 bits per heavy atom. The number of hydrogen-bond acceptors (Lipinski definition) is 3. The highest BCUT2D eigenvalue weighted by atomic mass is 79.9. The summed E-state index contributed by atoms with van der Waals surface area (Å²) in [4.78, 5) is 4.23. The maximum atomic E-state index is 13.9. The summed E-state index contributed by atoms with van der Waals surface area (Å²) < 4.78 is 14.9. The van der Waals surface area contributed by atoms with Gasteiger partial charge in [0.25, 0.3) is 0 Å². The zero-order valence-electron chi connectivity index (χ0n) is 9.57. The van der Waals surface area contributed by atoms with Crippen molar-refractivity contribution in [2.75, 3.05) is 0 Å². The Morgan fingerprint density at radius 2 is 2.00 bits per heavy atom. The minimum Gasteiger partial charge on any atom is -0.326 e. The van der Waals surface area contributed by atoms with Crippen molar-refractivity contribution >= 4 is 27.7 Å². The minimum atomic E-state index is -0.204. The first-order chi connectivity index (χ1) is 8.70. The average Bonchev–Trinajstić information content (AvgIpc) is 2.39. The van der Waals surface area contributed by atoms with Crippen molar-refractivity contribution in [3.63, 3.8) is 0 Å². The van der Waals surface area contributed by atoms with Crippen LogP contribution in [0.15, 0.2) is 46.0 Å². The highest BCUT2D eigenvalue weighted by Crippen LogP contribution is 2.24. The Labute approximate surface area is 118 Å². The second kappa shape index (κ2) is 6.31. The summed E-state index contributed by atoms with van der Waals surface area (Å²) in [6, 6.07) is 9.14. The third kappa shape index (κ3) is 3.31. The number of pyridine rings is 1. The topological polar surface area (TPSA) is 38.9 Å². The number of nitrogens with zero attached hydrogens (tertiary/aromatic N) is 1. The summed E-state index contributed by atoms with van der Waals surface area (Å²) in [6.07, 6.45) is 1.73. The van der Waals surface area contributed by atoms with Crippen LogP contribution in [0, 0.1) is 5.82 Å². The minimum absolute atomic E-state index is 0.204. The van der Waals surface area contributed by atoms with Gasteiger partial charge in [0.05, 0.1) is 5.03 Å². The molecule has 0 amide bonds. The van der Waals surface area contributed by atoms with Crippen molar-refractivity contribution in [2.45, 2.75) is 17.3 Å². The van der Waals surface area contributed by atoms with Crippen molar-refractivity contribution in [3.05, 3.63) is 57.9 Å². The van der Waals surface area contributed by atoms with Crippen LogP contribution in [0.25, 0.3) is 0 Å². The SMILES string of the molecule is NCc1cccc(CSc2ccc(Br)cn2)c1F. The molecule has 1 heterocycles. The summed E-state index contributed by atoms with van der Waals surface area (Å²) in [5, 5.41) is 0.871. The molecule has 0 aliphatic heterocycles. The van der Waals surface area contributed by atoms with Crippen molar-refractivity contribution < 1.29 is 4.39 Å². The molecule has 0 fully saturated rings. The van der Waals surface area contributed by atoms with E-state index in [0.717, 1.165) is 9.50 Å². The van der Waals surface area contributed by atoms with Gasteiger partial charge in [-0.05, 0) is 33.6 Å². The molecule has 0 aliphatic rings. The summed E-state index contributed by atoms with van der Waals surface area (Å²) in [7, 11) is 0. The van der Waals surface area contributed by atoms with Crippen LogP contribution in [0.1, 0.15) is 11.1 Å². The molecule has 0 unspecified atom stereocenters. The zero-order valence-corrected chi connectivity index (χ0v) is 12.0. The van der Waals surface area contributed by atoms with E-state index >= 15 is 0 Å². The maximum absolute atomic E-state index is 13.9. The maximum Gasteiger partial charge on any atom is 0.131 e. The van der Waals surface area contributed by atoms with E-state index in [-0.39, 0.29) is 12.4 Å². The standard InChI is InChI=1S/C13H12BrFN2S/c14-11-4-5-12(17-7-11)18-8-10-3-1-2-9(6-16)13(10)15/h1-5,7H,6,8,16H2. The van der Waals surface area contributed by atoms with Crippen LogP contribution >= 0.6 is 27.7 Å². The first kappa shape index (κ1) is 13.5. The van der Waals surface area contributed by atoms with E-state index in [1.807, 2.05) is 18.2 Å². The monoisotopic (exact) mass is 326 g/mol. The van der Waals surface area contributed by atoms with Gasteiger partial charge in [-0.25, -0.2) is 9.37 Å². The van der Waals surface area contributed by atoms with E-state index in [9.17, 15) is 4.39 Å². The fraction of sp³-hybridized carbons (Fsp3) is 0.154. The van der Waals surface area contributed by atoms with E-state index in [1.165, 1.54) is 11.8 Å². The number of thioether (sulfide) groups is 1. The first-order valence-electron chi connectivity index (χ1n) is 5.41. The lowest BCUT2D eigenvalue weighted by atomic mass is 10.1. The second-order valence-corrected chi connectivity index (χ2v) is 5.61. The largest absolute Gasteiger partial charge is 0.326 e. The molecule has 0 bridgehead atoms. The molecule has 2 rings (SSSR count). The molecule has 0 aliphatic carbocycles. The van der Waals surface area contributed by atoms with Gasteiger partial charge in [0, 0.05) is 28.5 Å². The zero-order chi connectivity index (χ0) is 13.0. The molecule has 0 saturated heterocycles. The molecule has 5 heteroatoms. The van der Waals surface area contributed by atoms with Crippen LogP contribution in [-0.4, -0.2) is 4.98 Å². The van der Waals surface area contributed by atoms with Gasteiger partial charge >= 0.3 is 0 Å². The molecular weight excluding hydrogens is 315 g/mol. The van der Waals surface area contributed by atoms with Crippen LogP contribution in [0.4, 0.5) is 4.39 Å². The molecule has 1 aromatic carbocycles. The fourth-order valence-corrected chi connectivity index (χ4v) is 2.55. The molecule has 0 spiro atoms. The molecule has 0 atom stereocenters. The van der Waals surface area contributed by atoms with E-state index in [0.29, 0.717) is 16.9 Å². The molecule has 2 nitrogen and oxygen atoms in total. The van der Waals surface area contributed by atoms with E-state index in [4.69, 9.17) is 5.73 Å². The molecule has 1 aromatic heterocycles. The van der Waals surface area contributed by atoms with Crippen LogP contribution in [0.3, 0.4) is 0 Å². The fourth-order valence-electron chi connectivity index (χ4n) is 1.50. The van der Waals surface area contributed by atoms with E-state index in [2.05, 4.69) is 20.9 Å². The van der Waals surface area contributed by atoms with Gasteiger partial charge in [-0.1, -0.05) is 18.2 Å². The Hall–Kier alpha value is -0.910. The number of nitrogens with two attached hydrogens (primary N) is 1. The van der Waals surface area contributed by atoms with E-state index in [1.54, 1.807) is 18.3 Å². The number of rotatable bonds is 4. The quantitative estimate of drug-likeness (QED) is 0.870. The highest BCUT2D eigenvalue weighted by Gasteiger charge is 2.07. The second-order valence-electron chi connectivity index (χ2n) is 3.70. The van der Waals surface area contributed by atoms with Gasteiger partial charge in [-0.2, -0.15) is 0 Å². The predicted octanol–water partition coefficient (Wildman–Crippen LogP) is 3.73. The van der Waals surface area contributed by atoms with Crippen LogP contribution in [0.5, 0.6) is 0 Å². The summed E-state index contributed by atoms with van der Waals surface area (Å²) in [5.74, 6) is 0.346. The lowest BCUT2D eigenvalue weighted by Crippen LogP contribution is -2.02. The van der Waals surface area contributed by atoms with Crippen molar-refractivity contribution in [2.24, 2.45) is 5.73 Å². The molecule has 2 N–H and O–H groups in total. The number of halogens is 2. The number of aromatic nitrogens is 1. The Morgan fingerprint density at radius 3 is 2.67 bits per heavy atom. The Kier molecular flexibility index (Phi) is 4.74. The smallest absolute Gasteiger partial charge is 0.131 e. The van der Waals surface area contributed by atoms with Crippen LogP contribution in [0.2, 0.25) is 0 Å². The third-order valence-corrected chi connectivity index (χ3v) is 3.92. The lowest BCUT2D eigenvalue weighted by Gasteiger charge is -2.06. The molecule has 18 heavy (non-hydrogen) atoms. The van der Waals surface area contributed by atoms with Gasteiger partial charge in [-0.3, -0.25) is 0 Å². The van der Waals surface area contributed by atoms with Crippen LogP contribution in [-0.2, 0) is 12.3 Å². The Balaban J connectivity index is 2.08. The van der Waals surface area contributed by atoms with Gasteiger partial charge in [0.2, 0.25) is 0 Å². The molecule has 94 valence electrons. The van der Waals surface area contributed by atoms with Gasteiger partial charge < -0.3 is 5.73 Å². The molecule has 0 radical (unpaired) electrons. The summed E-state index contributed by atoms with van der Waals surface area (Å²) >= 11 is 4.83. The summed E-state index contributed by atoms with van der Waals surface area (Å²) in [5.41, 5.74) is 6.69. The normalized spacial score (nSPS) is 10.6. The first-order valence-corrected chi connectivity index (χ1v) is 7.19. The van der Waals surface area contributed by atoms with Gasteiger partial charge in [-0.15, -0.1) is 11.8 Å². The lowest BCUT2D eigenvalue weighted by molar-refractivity contribution is 0.600. The Bertz CT molecular complexity index is 531. The van der Waals surface area contributed by atoms with Crippen LogP contribution < -0.4 is 5.73 Å². The van der Waals surface area contributed by atoms with E-state index < -0.39 is 0 Å².